The summed E-state index contributed by atoms with van der Waals surface area (Å²) in [4.78, 5) is 43.0. The third-order valence-electron chi connectivity index (χ3n) is 5.86. The minimum absolute atomic E-state index is 0.00188. The van der Waals surface area contributed by atoms with Crippen LogP contribution in [0.25, 0.3) is 0 Å². The number of unbranched alkanes of at least 4 members (excludes halogenated alkanes) is 1. The van der Waals surface area contributed by atoms with Crippen molar-refractivity contribution in [3.8, 4) is 0 Å². The Kier molecular flexibility index (Phi) is 8.19. The van der Waals surface area contributed by atoms with E-state index >= 15 is 0 Å². The number of amides is 3. The average molecular weight is 542 g/mol. The maximum atomic E-state index is 12.6. The lowest BCUT2D eigenvalue weighted by Crippen LogP contribution is -2.29. The number of likely N-dealkylation sites (tertiary alicyclic amines) is 1. The second-order valence-electron chi connectivity index (χ2n) is 8.58. The molecule has 0 aliphatic carbocycles. The van der Waals surface area contributed by atoms with Crippen molar-refractivity contribution in [1.82, 2.24) is 9.88 Å². The lowest BCUT2D eigenvalue weighted by Gasteiger charge is -2.16. The van der Waals surface area contributed by atoms with Crippen LogP contribution >= 0.6 is 11.3 Å². The van der Waals surface area contributed by atoms with Gasteiger partial charge >= 0.3 is 0 Å². The van der Waals surface area contributed by atoms with Gasteiger partial charge in [0.2, 0.25) is 11.8 Å². The lowest BCUT2D eigenvalue weighted by molar-refractivity contribution is -0.128. The predicted molar refractivity (Wildman–Crippen MR) is 142 cm³/mol. The van der Waals surface area contributed by atoms with Crippen molar-refractivity contribution in [2.45, 2.75) is 31.1 Å². The van der Waals surface area contributed by atoms with Gasteiger partial charge in [0, 0.05) is 48.0 Å². The minimum Gasteiger partial charge on any atom is -0.342 e. The molecule has 10 nitrogen and oxygen atoms in total. The highest BCUT2D eigenvalue weighted by molar-refractivity contribution is 7.93. The Morgan fingerprint density at radius 2 is 1.73 bits per heavy atom. The molecule has 0 radical (unpaired) electrons. The highest BCUT2D eigenvalue weighted by atomic mass is 32.2. The maximum Gasteiger partial charge on any atom is 0.263 e. The first kappa shape index (κ1) is 26.3. The van der Waals surface area contributed by atoms with Crippen LogP contribution in [0.2, 0.25) is 0 Å². The molecule has 1 fully saturated rings. The topological polar surface area (TPSA) is 138 Å². The van der Waals surface area contributed by atoms with Crippen molar-refractivity contribution >= 4 is 55.6 Å². The SMILES string of the molecule is CCCCN1CC(C(=O)Nc2ccc(C(=O)Nc3ccc(S(=O)(=O)Nc4nccs4)cc3)cc2)CC1=O. The van der Waals surface area contributed by atoms with Crippen LogP contribution in [0.5, 0.6) is 0 Å². The molecule has 1 atom stereocenters. The summed E-state index contributed by atoms with van der Waals surface area (Å²) in [5.41, 5.74) is 1.32. The van der Waals surface area contributed by atoms with E-state index < -0.39 is 15.9 Å². The van der Waals surface area contributed by atoms with E-state index in [0.717, 1.165) is 12.8 Å². The van der Waals surface area contributed by atoms with Gasteiger partial charge in [-0.15, -0.1) is 11.3 Å². The molecule has 4 rings (SSSR count). The summed E-state index contributed by atoms with van der Waals surface area (Å²) >= 11 is 1.17. The van der Waals surface area contributed by atoms with E-state index in [-0.39, 0.29) is 34.2 Å². The number of benzene rings is 2. The Hall–Kier alpha value is -3.77. The number of hydrogen-bond acceptors (Lipinski definition) is 7. The van der Waals surface area contributed by atoms with Gasteiger partial charge in [0.1, 0.15) is 0 Å². The molecular weight excluding hydrogens is 514 g/mol. The summed E-state index contributed by atoms with van der Waals surface area (Å²) in [5, 5.41) is 7.47. The van der Waals surface area contributed by atoms with Crippen molar-refractivity contribution < 1.29 is 22.8 Å². The number of aromatic nitrogens is 1. The molecule has 3 amide bonds. The molecule has 0 saturated carbocycles. The fourth-order valence-corrected chi connectivity index (χ4v) is 5.62. The first-order valence-electron chi connectivity index (χ1n) is 11.8. The number of rotatable bonds is 10. The molecule has 2 heterocycles. The smallest absolute Gasteiger partial charge is 0.263 e. The molecule has 3 N–H and O–H groups in total. The Morgan fingerprint density at radius 1 is 1.05 bits per heavy atom. The number of carbonyl (C=O) groups is 3. The Bertz CT molecular complexity index is 1360. The van der Waals surface area contributed by atoms with Crippen molar-refractivity contribution in [2.24, 2.45) is 5.92 Å². The predicted octanol–water partition coefficient (Wildman–Crippen LogP) is 3.78. The standard InChI is InChI=1S/C25H27N5O5S2/c1-2-3-13-30-16-18(15-22(30)31)24(33)28-19-6-4-17(5-7-19)23(32)27-20-8-10-21(11-9-20)37(34,35)29-25-26-12-14-36-25/h4-12,14,18H,2-3,13,15-16H2,1H3,(H,26,29)(H,27,32)(H,28,33). The second kappa shape index (κ2) is 11.5. The van der Waals surface area contributed by atoms with Crippen molar-refractivity contribution in [1.29, 1.82) is 0 Å². The molecule has 12 heteroatoms. The monoisotopic (exact) mass is 541 g/mol. The van der Waals surface area contributed by atoms with Crippen LogP contribution in [-0.2, 0) is 19.6 Å². The number of nitrogens with one attached hydrogen (secondary N) is 3. The number of hydrogen-bond donors (Lipinski definition) is 3. The largest absolute Gasteiger partial charge is 0.342 e. The Morgan fingerprint density at radius 3 is 2.38 bits per heavy atom. The van der Waals surface area contributed by atoms with Gasteiger partial charge in [0.15, 0.2) is 5.13 Å². The van der Waals surface area contributed by atoms with E-state index in [1.165, 1.54) is 41.8 Å². The molecule has 1 aliphatic heterocycles. The first-order chi connectivity index (χ1) is 17.7. The van der Waals surface area contributed by atoms with Gasteiger partial charge in [-0.1, -0.05) is 13.3 Å². The van der Waals surface area contributed by atoms with Crippen LogP contribution in [0, 0.1) is 5.92 Å². The molecule has 1 unspecified atom stereocenters. The molecule has 1 aliphatic rings. The molecule has 37 heavy (non-hydrogen) atoms. The van der Waals surface area contributed by atoms with Gasteiger partial charge in [-0.05, 0) is 55.0 Å². The summed E-state index contributed by atoms with van der Waals surface area (Å²) in [5.74, 6) is -0.996. The van der Waals surface area contributed by atoms with E-state index in [2.05, 4.69) is 27.3 Å². The molecule has 0 spiro atoms. The Labute approximate surface area is 219 Å². The van der Waals surface area contributed by atoms with Gasteiger partial charge in [-0.25, -0.2) is 13.4 Å². The van der Waals surface area contributed by atoms with Crippen molar-refractivity contribution in [2.75, 3.05) is 28.4 Å². The van der Waals surface area contributed by atoms with Crippen LogP contribution in [0.1, 0.15) is 36.5 Å². The van der Waals surface area contributed by atoms with Gasteiger partial charge in [-0.2, -0.15) is 0 Å². The maximum absolute atomic E-state index is 12.6. The zero-order valence-corrected chi connectivity index (χ0v) is 21.8. The Balaban J connectivity index is 1.31. The summed E-state index contributed by atoms with van der Waals surface area (Å²) in [6.45, 7) is 3.15. The second-order valence-corrected chi connectivity index (χ2v) is 11.2. The van der Waals surface area contributed by atoms with Crippen LogP contribution < -0.4 is 15.4 Å². The number of carbonyl (C=O) groups excluding carboxylic acids is 3. The fourth-order valence-electron chi connectivity index (χ4n) is 3.83. The van der Waals surface area contributed by atoms with Gasteiger partial charge < -0.3 is 15.5 Å². The molecule has 194 valence electrons. The van der Waals surface area contributed by atoms with Crippen LogP contribution in [0.3, 0.4) is 0 Å². The van der Waals surface area contributed by atoms with Crippen LogP contribution in [-0.4, -0.2) is 49.1 Å². The molecule has 1 saturated heterocycles. The number of nitrogens with zero attached hydrogens (tertiary/aromatic N) is 2. The minimum atomic E-state index is -3.78. The number of sulfonamides is 1. The summed E-state index contributed by atoms with van der Waals surface area (Å²) in [7, 11) is -3.78. The molecule has 0 bridgehead atoms. The normalized spacial score (nSPS) is 15.4. The third kappa shape index (κ3) is 6.71. The summed E-state index contributed by atoms with van der Waals surface area (Å²) in [6, 6.07) is 12.2. The first-order valence-corrected chi connectivity index (χ1v) is 14.1. The van der Waals surface area contributed by atoms with Crippen molar-refractivity contribution in [3.63, 3.8) is 0 Å². The van der Waals surface area contributed by atoms with E-state index in [1.54, 1.807) is 34.5 Å². The molecular formula is C25H27N5O5S2. The quantitative estimate of drug-likeness (QED) is 0.357. The van der Waals surface area contributed by atoms with Gasteiger partial charge in [0.05, 0.1) is 10.8 Å². The summed E-state index contributed by atoms with van der Waals surface area (Å²) < 4.78 is 27.3. The number of anilines is 3. The lowest BCUT2D eigenvalue weighted by atomic mass is 10.1. The fraction of sp³-hybridized carbons (Fsp3) is 0.280. The van der Waals surface area contributed by atoms with Gasteiger partial charge in [-0.3, -0.25) is 19.1 Å². The van der Waals surface area contributed by atoms with E-state index in [0.29, 0.717) is 30.0 Å². The third-order valence-corrected chi connectivity index (χ3v) is 8.03. The number of thiazole rings is 1. The van der Waals surface area contributed by atoms with E-state index in [1.807, 2.05) is 0 Å². The van der Waals surface area contributed by atoms with E-state index in [4.69, 9.17) is 0 Å². The zero-order chi connectivity index (χ0) is 26.4. The average Bonchev–Trinajstić information content (AvgIpc) is 3.52. The zero-order valence-electron chi connectivity index (χ0n) is 20.1. The summed E-state index contributed by atoms with van der Waals surface area (Å²) in [6.07, 6.45) is 3.61. The van der Waals surface area contributed by atoms with Crippen LogP contribution in [0.4, 0.5) is 16.5 Å². The van der Waals surface area contributed by atoms with Crippen molar-refractivity contribution in [3.05, 3.63) is 65.7 Å². The van der Waals surface area contributed by atoms with Crippen LogP contribution in [0.15, 0.2) is 65.0 Å². The highest BCUT2D eigenvalue weighted by Gasteiger charge is 2.33. The molecule has 2 aromatic carbocycles. The highest BCUT2D eigenvalue weighted by Crippen LogP contribution is 2.22. The van der Waals surface area contributed by atoms with Gasteiger partial charge in [0.25, 0.3) is 15.9 Å². The molecule has 1 aromatic heterocycles. The molecule has 3 aromatic rings. The van der Waals surface area contributed by atoms with E-state index in [9.17, 15) is 22.8 Å².